The normalized spacial score (nSPS) is 12.5. The predicted molar refractivity (Wildman–Crippen MR) is 86.8 cm³/mol. The van der Waals surface area contributed by atoms with E-state index in [9.17, 15) is 4.79 Å². The maximum atomic E-state index is 12.6. The third-order valence-electron chi connectivity index (χ3n) is 3.77. The molecule has 3 rings (SSSR count). The quantitative estimate of drug-likeness (QED) is 0.787. The number of carbonyl (C=O) groups excluding carboxylic acids is 1. The van der Waals surface area contributed by atoms with Gasteiger partial charge in [-0.2, -0.15) is 5.10 Å². The van der Waals surface area contributed by atoms with Gasteiger partial charge in [0, 0.05) is 42.1 Å². The van der Waals surface area contributed by atoms with E-state index in [1.807, 2.05) is 54.3 Å². The van der Waals surface area contributed by atoms with E-state index in [1.165, 1.54) is 0 Å². The van der Waals surface area contributed by atoms with E-state index in [1.54, 1.807) is 6.20 Å². The molecular formula is C17H20N4O. The van der Waals surface area contributed by atoms with Crippen molar-refractivity contribution >= 4 is 16.8 Å². The fourth-order valence-corrected chi connectivity index (χ4v) is 2.73. The molecule has 3 aromatic rings. The molecule has 0 spiro atoms. The van der Waals surface area contributed by atoms with Gasteiger partial charge in [-0.05, 0) is 26.0 Å². The van der Waals surface area contributed by atoms with Gasteiger partial charge in [0.15, 0.2) is 0 Å². The SMILES string of the molecule is CCn1cc(C(=O)N[C@H](C)Cn2cccn2)c2ccccc21. The molecular weight excluding hydrogens is 276 g/mol. The number of amides is 1. The van der Waals surface area contributed by atoms with Crippen LogP contribution in [0.5, 0.6) is 0 Å². The van der Waals surface area contributed by atoms with Gasteiger partial charge in [-0.15, -0.1) is 0 Å². The lowest BCUT2D eigenvalue weighted by atomic mass is 10.1. The fraction of sp³-hybridized carbons (Fsp3) is 0.294. The van der Waals surface area contributed by atoms with E-state index in [-0.39, 0.29) is 11.9 Å². The van der Waals surface area contributed by atoms with Gasteiger partial charge in [-0.25, -0.2) is 0 Å². The third-order valence-corrected chi connectivity index (χ3v) is 3.77. The van der Waals surface area contributed by atoms with E-state index >= 15 is 0 Å². The molecule has 1 aromatic carbocycles. The van der Waals surface area contributed by atoms with Crippen LogP contribution in [-0.2, 0) is 13.1 Å². The van der Waals surface area contributed by atoms with Crippen molar-refractivity contribution in [1.29, 1.82) is 0 Å². The van der Waals surface area contributed by atoms with E-state index < -0.39 is 0 Å². The number of carbonyl (C=O) groups is 1. The van der Waals surface area contributed by atoms with Crippen LogP contribution in [0.2, 0.25) is 0 Å². The molecule has 0 fully saturated rings. The minimum Gasteiger partial charge on any atom is -0.348 e. The van der Waals surface area contributed by atoms with Gasteiger partial charge in [0.05, 0.1) is 12.1 Å². The Kier molecular flexibility index (Phi) is 3.96. The van der Waals surface area contributed by atoms with Gasteiger partial charge in [0.25, 0.3) is 5.91 Å². The van der Waals surface area contributed by atoms with Crippen molar-refractivity contribution in [1.82, 2.24) is 19.7 Å². The molecule has 5 nitrogen and oxygen atoms in total. The molecule has 0 aliphatic rings. The van der Waals surface area contributed by atoms with Crippen LogP contribution >= 0.6 is 0 Å². The lowest BCUT2D eigenvalue weighted by Gasteiger charge is -2.13. The second-order valence-corrected chi connectivity index (χ2v) is 5.45. The molecule has 5 heteroatoms. The predicted octanol–water partition coefficient (Wildman–Crippen LogP) is 2.68. The Hall–Kier alpha value is -2.56. The molecule has 0 saturated heterocycles. The van der Waals surface area contributed by atoms with Crippen molar-refractivity contribution in [3.05, 3.63) is 54.5 Å². The maximum absolute atomic E-state index is 12.6. The van der Waals surface area contributed by atoms with Gasteiger partial charge in [-0.1, -0.05) is 18.2 Å². The molecule has 0 aliphatic carbocycles. The molecule has 2 aromatic heterocycles. The van der Waals surface area contributed by atoms with E-state index in [0.29, 0.717) is 6.54 Å². The topological polar surface area (TPSA) is 51.9 Å². The second-order valence-electron chi connectivity index (χ2n) is 5.45. The molecule has 114 valence electrons. The number of nitrogens with zero attached hydrogens (tertiary/aromatic N) is 3. The molecule has 22 heavy (non-hydrogen) atoms. The van der Waals surface area contributed by atoms with Crippen LogP contribution in [0.25, 0.3) is 10.9 Å². The molecule has 2 heterocycles. The van der Waals surface area contributed by atoms with Crippen LogP contribution in [0.3, 0.4) is 0 Å². The summed E-state index contributed by atoms with van der Waals surface area (Å²) in [5, 5.41) is 8.21. The lowest BCUT2D eigenvalue weighted by Crippen LogP contribution is -2.35. The molecule has 1 N–H and O–H groups in total. The largest absolute Gasteiger partial charge is 0.348 e. The smallest absolute Gasteiger partial charge is 0.253 e. The Morgan fingerprint density at radius 2 is 2.14 bits per heavy atom. The van der Waals surface area contributed by atoms with Crippen molar-refractivity contribution in [3.63, 3.8) is 0 Å². The van der Waals surface area contributed by atoms with Gasteiger partial charge < -0.3 is 9.88 Å². The highest BCUT2D eigenvalue weighted by Crippen LogP contribution is 2.21. The molecule has 1 amide bonds. The summed E-state index contributed by atoms with van der Waals surface area (Å²) in [4.78, 5) is 12.6. The van der Waals surface area contributed by atoms with E-state index in [2.05, 4.69) is 21.9 Å². The molecule has 0 aliphatic heterocycles. The van der Waals surface area contributed by atoms with Crippen molar-refractivity contribution in [2.24, 2.45) is 0 Å². The summed E-state index contributed by atoms with van der Waals surface area (Å²) in [7, 11) is 0. The first-order chi connectivity index (χ1) is 10.7. The number of fused-ring (bicyclic) bond motifs is 1. The summed E-state index contributed by atoms with van der Waals surface area (Å²) < 4.78 is 3.92. The number of para-hydroxylation sites is 1. The highest BCUT2D eigenvalue weighted by molar-refractivity contribution is 6.07. The first-order valence-corrected chi connectivity index (χ1v) is 7.55. The summed E-state index contributed by atoms with van der Waals surface area (Å²) in [5.74, 6) is -0.0388. The zero-order chi connectivity index (χ0) is 15.5. The van der Waals surface area contributed by atoms with E-state index in [0.717, 1.165) is 23.0 Å². The summed E-state index contributed by atoms with van der Waals surface area (Å²) in [6, 6.07) is 9.89. The number of benzene rings is 1. The molecule has 0 bridgehead atoms. The Bertz CT molecular complexity index is 773. The molecule has 1 atom stereocenters. The Morgan fingerprint density at radius 1 is 1.32 bits per heavy atom. The van der Waals surface area contributed by atoms with Gasteiger partial charge in [-0.3, -0.25) is 9.48 Å². The maximum Gasteiger partial charge on any atom is 0.253 e. The van der Waals surface area contributed by atoms with Crippen molar-refractivity contribution in [2.45, 2.75) is 33.0 Å². The van der Waals surface area contributed by atoms with E-state index in [4.69, 9.17) is 0 Å². The highest BCUT2D eigenvalue weighted by Gasteiger charge is 2.16. The number of rotatable bonds is 5. The van der Waals surface area contributed by atoms with Gasteiger partial charge in [0.1, 0.15) is 0 Å². The summed E-state index contributed by atoms with van der Waals surface area (Å²) in [6.45, 7) is 5.56. The zero-order valence-electron chi connectivity index (χ0n) is 12.9. The highest BCUT2D eigenvalue weighted by atomic mass is 16.1. The summed E-state index contributed by atoms with van der Waals surface area (Å²) in [6.07, 6.45) is 5.57. The van der Waals surface area contributed by atoms with Gasteiger partial charge >= 0.3 is 0 Å². The number of aromatic nitrogens is 3. The van der Waals surface area contributed by atoms with Crippen LogP contribution in [0, 0.1) is 0 Å². The number of aryl methyl sites for hydroxylation is 1. The average Bonchev–Trinajstić information content (AvgIpc) is 3.14. The van der Waals surface area contributed by atoms with Crippen LogP contribution in [0.4, 0.5) is 0 Å². The van der Waals surface area contributed by atoms with Crippen LogP contribution in [-0.4, -0.2) is 26.3 Å². The van der Waals surface area contributed by atoms with Crippen LogP contribution < -0.4 is 5.32 Å². The van der Waals surface area contributed by atoms with Crippen LogP contribution in [0.1, 0.15) is 24.2 Å². The minimum atomic E-state index is -0.0388. The molecule has 0 saturated carbocycles. The van der Waals surface area contributed by atoms with Crippen LogP contribution in [0.15, 0.2) is 48.9 Å². The monoisotopic (exact) mass is 296 g/mol. The first-order valence-electron chi connectivity index (χ1n) is 7.55. The first kappa shape index (κ1) is 14.4. The van der Waals surface area contributed by atoms with Crippen molar-refractivity contribution in [3.8, 4) is 0 Å². The fourth-order valence-electron chi connectivity index (χ4n) is 2.73. The van der Waals surface area contributed by atoms with Crippen molar-refractivity contribution in [2.75, 3.05) is 0 Å². The number of hydrogen-bond donors (Lipinski definition) is 1. The minimum absolute atomic E-state index is 0.0103. The lowest BCUT2D eigenvalue weighted by molar-refractivity contribution is 0.0937. The summed E-state index contributed by atoms with van der Waals surface area (Å²) >= 11 is 0. The zero-order valence-corrected chi connectivity index (χ0v) is 12.9. The standard InChI is InChI=1S/C17H20N4O/c1-3-20-12-15(14-7-4-5-8-16(14)20)17(22)19-13(2)11-21-10-6-9-18-21/h4-10,12-13H,3,11H2,1-2H3,(H,19,22)/t13-/m1/s1. The van der Waals surface area contributed by atoms with Crippen molar-refractivity contribution < 1.29 is 4.79 Å². The van der Waals surface area contributed by atoms with Gasteiger partial charge in [0.2, 0.25) is 0 Å². The molecule has 0 unspecified atom stereocenters. The third kappa shape index (κ3) is 2.74. The Morgan fingerprint density at radius 3 is 2.86 bits per heavy atom. The molecule has 0 radical (unpaired) electrons. The summed E-state index contributed by atoms with van der Waals surface area (Å²) in [5.41, 5.74) is 1.82. The number of nitrogens with one attached hydrogen (secondary N) is 1. The average molecular weight is 296 g/mol. The second kappa shape index (κ2) is 6.05. The Labute approximate surface area is 129 Å². The Balaban J connectivity index is 1.80. The number of hydrogen-bond acceptors (Lipinski definition) is 2.